The average Bonchev–Trinajstić information content (AvgIpc) is 3.49. The van der Waals surface area contributed by atoms with Crippen LogP contribution in [0.5, 0.6) is 0 Å². The lowest BCUT2D eigenvalue weighted by molar-refractivity contribution is -0.00422. The molecule has 1 saturated carbocycles. The van der Waals surface area contributed by atoms with Crippen molar-refractivity contribution < 1.29 is 14.9 Å². The van der Waals surface area contributed by atoms with E-state index in [2.05, 4.69) is 40.3 Å². The first kappa shape index (κ1) is 21.3. The standard InChI is InChI=1S/C20H25ClN8O3/c1-32-8-10-6-12(17(31)16(10)30)18-25-15-19(22-9-23-20(15)26-18)24-11-4-5-29(7-11)14-3-2-13(21)27-28-14/h2-3,9-12,16-17,30-31H,4-8H2,1H3,(H2,22,23,24,25,26)/t10-,11+,12+,16+,17-/m1/s1. The maximum absolute atomic E-state index is 10.5. The number of rotatable bonds is 6. The van der Waals surface area contributed by atoms with Crippen LogP contribution in [0.2, 0.25) is 5.15 Å². The number of nitrogens with one attached hydrogen (secondary N) is 2. The summed E-state index contributed by atoms with van der Waals surface area (Å²) in [4.78, 5) is 18.7. The summed E-state index contributed by atoms with van der Waals surface area (Å²) in [5.74, 6) is 1.58. The Labute approximate surface area is 189 Å². The SMILES string of the molecule is COC[C@H]1C[C@H](c2nc3ncnc(N[C@H]4CCN(c5ccc(Cl)nn5)C4)c3[nH]2)[C@@H](O)[C@H]1O. The van der Waals surface area contributed by atoms with Crippen molar-refractivity contribution in [1.29, 1.82) is 0 Å². The molecule has 170 valence electrons. The Kier molecular flexibility index (Phi) is 5.80. The second-order valence-electron chi connectivity index (χ2n) is 8.37. The van der Waals surface area contributed by atoms with Crippen LogP contribution in [0.4, 0.5) is 11.6 Å². The Bertz CT molecular complexity index is 1080. The fourth-order valence-electron chi connectivity index (χ4n) is 4.66. The number of H-pyrrole nitrogens is 1. The van der Waals surface area contributed by atoms with Crippen LogP contribution in [0.3, 0.4) is 0 Å². The van der Waals surface area contributed by atoms with E-state index in [4.69, 9.17) is 16.3 Å². The molecule has 3 aromatic rings. The topological polar surface area (TPSA) is 145 Å². The molecule has 2 fully saturated rings. The summed E-state index contributed by atoms with van der Waals surface area (Å²) in [5.41, 5.74) is 1.21. The van der Waals surface area contributed by atoms with Gasteiger partial charge in [0.2, 0.25) is 0 Å². The molecule has 4 N–H and O–H groups in total. The molecule has 0 radical (unpaired) electrons. The lowest BCUT2D eigenvalue weighted by Gasteiger charge is -2.17. The van der Waals surface area contributed by atoms with E-state index in [1.165, 1.54) is 6.33 Å². The zero-order chi connectivity index (χ0) is 22.2. The maximum Gasteiger partial charge on any atom is 0.183 e. The van der Waals surface area contributed by atoms with Gasteiger partial charge >= 0.3 is 0 Å². The van der Waals surface area contributed by atoms with E-state index < -0.39 is 12.2 Å². The van der Waals surface area contributed by atoms with Gasteiger partial charge in [0.05, 0.1) is 18.8 Å². The van der Waals surface area contributed by atoms with Gasteiger partial charge < -0.3 is 30.2 Å². The summed E-state index contributed by atoms with van der Waals surface area (Å²) < 4.78 is 5.17. The second kappa shape index (κ2) is 8.74. The summed E-state index contributed by atoms with van der Waals surface area (Å²) >= 11 is 5.84. The molecule has 0 bridgehead atoms. The van der Waals surface area contributed by atoms with Gasteiger partial charge in [0, 0.05) is 38.1 Å². The molecule has 3 aromatic heterocycles. The monoisotopic (exact) mass is 460 g/mol. The van der Waals surface area contributed by atoms with Gasteiger partial charge in [0.15, 0.2) is 22.4 Å². The van der Waals surface area contributed by atoms with E-state index in [1.54, 1.807) is 13.2 Å². The molecule has 0 aromatic carbocycles. The number of fused-ring (bicyclic) bond motifs is 1. The van der Waals surface area contributed by atoms with Crippen LogP contribution in [0.15, 0.2) is 18.5 Å². The van der Waals surface area contributed by atoms with Crippen molar-refractivity contribution in [3.8, 4) is 0 Å². The Balaban J connectivity index is 1.32. The molecule has 2 aliphatic rings. The van der Waals surface area contributed by atoms with E-state index in [1.807, 2.05) is 6.07 Å². The van der Waals surface area contributed by atoms with Crippen LogP contribution < -0.4 is 10.2 Å². The summed E-state index contributed by atoms with van der Waals surface area (Å²) in [6.07, 6.45) is 1.19. The number of aliphatic hydroxyl groups excluding tert-OH is 2. The molecule has 1 aliphatic carbocycles. The van der Waals surface area contributed by atoms with Gasteiger partial charge in [-0.1, -0.05) is 11.6 Å². The number of ether oxygens (including phenoxy) is 1. The fraction of sp³-hybridized carbons (Fsp3) is 0.550. The van der Waals surface area contributed by atoms with Crippen LogP contribution in [-0.2, 0) is 4.74 Å². The van der Waals surface area contributed by atoms with Gasteiger partial charge in [-0.2, -0.15) is 0 Å². The summed E-state index contributed by atoms with van der Waals surface area (Å²) in [5, 5.41) is 32.8. The number of imidazole rings is 1. The van der Waals surface area contributed by atoms with E-state index in [9.17, 15) is 10.2 Å². The van der Waals surface area contributed by atoms with Gasteiger partial charge in [-0.25, -0.2) is 15.0 Å². The summed E-state index contributed by atoms with van der Waals surface area (Å²) in [7, 11) is 1.59. The highest BCUT2D eigenvalue weighted by atomic mass is 35.5. The lowest BCUT2D eigenvalue weighted by atomic mass is 10.0. The minimum atomic E-state index is -0.913. The zero-order valence-electron chi connectivity index (χ0n) is 17.5. The van der Waals surface area contributed by atoms with Crippen molar-refractivity contribution in [2.75, 3.05) is 37.0 Å². The predicted molar refractivity (Wildman–Crippen MR) is 118 cm³/mol. The molecular formula is C20H25ClN8O3. The molecule has 5 rings (SSSR count). The van der Waals surface area contributed by atoms with Gasteiger partial charge in [0.25, 0.3) is 0 Å². The second-order valence-corrected chi connectivity index (χ2v) is 8.76. The van der Waals surface area contributed by atoms with Crippen molar-refractivity contribution >= 4 is 34.4 Å². The van der Waals surface area contributed by atoms with Crippen LogP contribution in [-0.4, -0.2) is 85.4 Å². The number of hydrogen-bond acceptors (Lipinski definition) is 10. The van der Waals surface area contributed by atoms with E-state index in [0.29, 0.717) is 41.0 Å². The highest BCUT2D eigenvalue weighted by Crippen LogP contribution is 2.38. The van der Waals surface area contributed by atoms with Crippen LogP contribution in [0.1, 0.15) is 24.6 Å². The highest BCUT2D eigenvalue weighted by molar-refractivity contribution is 6.29. The third-order valence-electron chi connectivity index (χ3n) is 6.31. The van der Waals surface area contributed by atoms with Crippen molar-refractivity contribution in [3.05, 3.63) is 29.4 Å². The molecular weight excluding hydrogens is 436 g/mol. The van der Waals surface area contributed by atoms with E-state index in [0.717, 1.165) is 25.3 Å². The molecule has 1 saturated heterocycles. The largest absolute Gasteiger partial charge is 0.390 e. The van der Waals surface area contributed by atoms with Crippen molar-refractivity contribution in [3.63, 3.8) is 0 Å². The first-order valence-corrected chi connectivity index (χ1v) is 11.0. The van der Waals surface area contributed by atoms with Gasteiger partial charge in [-0.15, -0.1) is 10.2 Å². The Morgan fingerprint density at radius 2 is 2.12 bits per heavy atom. The van der Waals surface area contributed by atoms with Crippen LogP contribution in [0, 0.1) is 5.92 Å². The number of anilines is 2. The van der Waals surface area contributed by atoms with E-state index >= 15 is 0 Å². The maximum atomic E-state index is 10.5. The number of aliphatic hydroxyl groups is 2. The molecule has 0 spiro atoms. The molecule has 0 amide bonds. The number of hydrogen-bond donors (Lipinski definition) is 4. The molecule has 1 aliphatic heterocycles. The Morgan fingerprint density at radius 1 is 1.25 bits per heavy atom. The van der Waals surface area contributed by atoms with E-state index in [-0.39, 0.29) is 17.9 Å². The fourth-order valence-corrected chi connectivity index (χ4v) is 4.77. The molecule has 5 atom stereocenters. The average molecular weight is 461 g/mol. The quantitative estimate of drug-likeness (QED) is 0.419. The number of methoxy groups -OCH3 is 1. The smallest absolute Gasteiger partial charge is 0.183 e. The number of aromatic nitrogens is 6. The summed E-state index contributed by atoms with van der Waals surface area (Å²) in [6, 6.07) is 3.75. The first-order valence-electron chi connectivity index (χ1n) is 10.6. The predicted octanol–water partition coefficient (Wildman–Crippen LogP) is 0.959. The van der Waals surface area contributed by atoms with Crippen LogP contribution >= 0.6 is 11.6 Å². The molecule has 12 heteroatoms. The van der Waals surface area contributed by atoms with Crippen molar-refractivity contribution in [1.82, 2.24) is 30.1 Å². The zero-order valence-corrected chi connectivity index (χ0v) is 18.3. The van der Waals surface area contributed by atoms with Crippen LogP contribution in [0.25, 0.3) is 11.2 Å². The molecule has 32 heavy (non-hydrogen) atoms. The van der Waals surface area contributed by atoms with Crippen molar-refractivity contribution in [2.24, 2.45) is 5.92 Å². The van der Waals surface area contributed by atoms with Gasteiger partial charge in [-0.3, -0.25) is 0 Å². The normalized spacial score (nSPS) is 28.0. The highest BCUT2D eigenvalue weighted by Gasteiger charge is 2.43. The number of aromatic amines is 1. The summed E-state index contributed by atoms with van der Waals surface area (Å²) in [6.45, 7) is 1.97. The Morgan fingerprint density at radius 3 is 2.91 bits per heavy atom. The van der Waals surface area contributed by atoms with Crippen molar-refractivity contribution in [2.45, 2.75) is 37.0 Å². The van der Waals surface area contributed by atoms with Gasteiger partial charge in [0.1, 0.15) is 17.7 Å². The number of halogens is 1. The minimum Gasteiger partial charge on any atom is -0.390 e. The Hall–Kier alpha value is -2.60. The first-order chi connectivity index (χ1) is 15.5. The minimum absolute atomic E-state index is 0.141. The number of nitrogens with zero attached hydrogens (tertiary/aromatic N) is 6. The molecule has 11 nitrogen and oxygen atoms in total. The van der Waals surface area contributed by atoms with Gasteiger partial charge in [-0.05, 0) is 25.0 Å². The molecule has 4 heterocycles. The third kappa shape index (κ3) is 3.96. The third-order valence-corrected chi connectivity index (χ3v) is 6.51. The lowest BCUT2D eigenvalue weighted by Crippen LogP contribution is -2.29. The molecule has 0 unspecified atom stereocenters.